The number of hydrogen-bond acceptors (Lipinski definition) is 6. The van der Waals surface area contributed by atoms with Crippen LogP contribution in [0.25, 0.3) is 11.3 Å². The molecule has 7 heteroatoms. The summed E-state index contributed by atoms with van der Waals surface area (Å²) in [5, 5.41) is 3.95. The molecule has 1 amide bonds. The lowest BCUT2D eigenvalue weighted by Crippen LogP contribution is -2.27. The van der Waals surface area contributed by atoms with Gasteiger partial charge in [0.05, 0.1) is 18.7 Å². The molecule has 1 saturated heterocycles. The first-order valence-electron chi connectivity index (χ1n) is 9.68. The zero-order valence-corrected chi connectivity index (χ0v) is 16.8. The molecule has 30 heavy (non-hydrogen) atoms. The summed E-state index contributed by atoms with van der Waals surface area (Å²) in [6.45, 7) is 2.19. The second-order valence-corrected chi connectivity index (χ2v) is 7.24. The van der Waals surface area contributed by atoms with E-state index in [1.165, 1.54) is 0 Å². The summed E-state index contributed by atoms with van der Waals surface area (Å²) in [5.41, 5.74) is 3.09. The van der Waals surface area contributed by atoms with E-state index < -0.39 is 11.9 Å². The van der Waals surface area contributed by atoms with Crippen molar-refractivity contribution in [3.05, 3.63) is 65.9 Å². The summed E-state index contributed by atoms with van der Waals surface area (Å²) in [6.07, 6.45) is 0.101. The Morgan fingerprint density at radius 3 is 2.77 bits per heavy atom. The van der Waals surface area contributed by atoms with E-state index in [-0.39, 0.29) is 25.5 Å². The second kappa shape index (κ2) is 8.41. The number of esters is 1. The number of hydrogen-bond donors (Lipinski definition) is 0. The van der Waals surface area contributed by atoms with E-state index in [0.717, 1.165) is 11.1 Å². The topological polar surface area (TPSA) is 81.9 Å². The molecule has 1 aromatic heterocycles. The van der Waals surface area contributed by atoms with Crippen LogP contribution in [-0.2, 0) is 20.9 Å². The van der Waals surface area contributed by atoms with Crippen LogP contribution in [0.1, 0.15) is 17.7 Å². The summed E-state index contributed by atoms with van der Waals surface area (Å²) in [6, 6.07) is 16.9. The smallest absolute Gasteiger partial charge is 0.311 e. The number of aryl methyl sites for hydroxylation is 1. The SMILES string of the molecule is COc1ccc(C)cc1N1C[C@H](C(=O)OCc2cc(-c3ccccc3)on2)CC1=O. The fraction of sp³-hybridized carbons (Fsp3) is 0.261. The van der Waals surface area contributed by atoms with E-state index >= 15 is 0 Å². The first kappa shape index (κ1) is 19.7. The third-order valence-corrected chi connectivity index (χ3v) is 5.06. The number of aromatic nitrogens is 1. The van der Waals surface area contributed by atoms with Gasteiger partial charge >= 0.3 is 5.97 Å². The Hall–Kier alpha value is -3.61. The van der Waals surface area contributed by atoms with Crippen molar-refractivity contribution in [1.82, 2.24) is 5.16 Å². The number of carbonyl (C=O) groups excluding carboxylic acids is 2. The van der Waals surface area contributed by atoms with Gasteiger partial charge in [-0.1, -0.05) is 41.6 Å². The summed E-state index contributed by atoms with van der Waals surface area (Å²) < 4.78 is 16.1. The van der Waals surface area contributed by atoms with Crippen molar-refractivity contribution in [3.63, 3.8) is 0 Å². The van der Waals surface area contributed by atoms with Crippen LogP contribution in [0, 0.1) is 12.8 Å². The summed E-state index contributed by atoms with van der Waals surface area (Å²) in [7, 11) is 1.56. The van der Waals surface area contributed by atoms with Gasteiger partial charge in [0, 0.05) is 24.6 Å². The first-order chi connectivity index (χ1) is 14.5. The van der Waals surface area contributed by atoms with Crippen molar-refractivity contribution >= 4 is 17.6 Å². The lowest BCUT2D eigenvalue weighted by Gasteiger charge is -2.20. The largest absolute Gasteiger partial charge is 0.495 e. The molecule has 0 N–H and O–H groups in total. The second-order valence-electron chi connectivity index (χ2n) is 7.24. The van der Waals surface area contributed by atoms with Crippen molar-refractivity contribution in [2.75, 3.05) is 18.6 Å². The normalized spacial score (nSPS) is 16.0. The lowest BCUT2D eigenvalue weighted by molar-refractivity contribution is -0.149. The van der Waals surface area contributed by atoms with Crippen molar-refractivity contribution in [2.45, 2.75) is 20.0 Å². The summed E-state index contributed by atoms with van der Waals surface area (Å²) in [5.74, 6) is 0.105. The standard InChI is InChI=1S/C23H22N2O5/c1-15-8-9-20(28-2)19(10-15)25-13-17(11-22(25)26)23(27)29-14-18-12-21(30-24-18)16-6-4-3-5-7-16/h3-10,12,17H,11,13-14H2,1-2H3/t17-/m1/s1. The number of rotatable bonds is 6. The number of methoxy groups -OCH3 is 1. The maximum Gasteiger partial charge on any atom is 0.311 e. The van der Waals surface area contributed by atoms with E-state index in [2.05, 4.69) is 5.16 Å². The fourth-order valence-electron chi connectivity index (χ4n) is 3.49. The molecule has 7 nitrogen and oxygen atoms in total. The zero-order chi connectivity index (χ0) is 21.1. The number of nitrogens with zero attached hydrogens (tertiary/aromatic N) is 2. The molecule has 2 heterocycles. The highest BCUT2D eigenvalue weighted by Crippen LogP contribution is 2.34. The Bertz CT molecular complexity index is 1060. The minimum absolute atomic E-state index is 0.00633. The molecule has 0 radical (unpaired) electrons. The summed E-state index contributed by atoms with van der Waals surface area (Å²) >= 11 is 0. The van der Waals surface area contributed by atoms with Crippen LogP contribution in [-0.4, -0.2) is 30.7 Å². The summed E-state index contributed by atoms with van der Waals surface area (Å²) in [4.78, 5) is 26.7. The first-order valence-corrected chi connectivity index (χ1v) is 9.68. The van der Waals surface area contributed by atoms with E-state index in [1.54, 1.807) is 18.1 Å². The van der Waals surface area contributed by atoms with Crippen molar-refractivity contribution in [2.24, 2.45) is 5.92 Å². The average molecular weight is 406 g/mol. The number of amides is 1. The van der Waals surface area contributed by atoms with E-state index in [1.807, 2.05) is 55.5 Å². The molecule has 0 unspecified atom stereocenters. The molecule has 0 bridgehead atoms. The van der Waals surface area contributed by atoms with Gasteiger partial charge in [0.25, 0.3) is 0 Å². The molecule has 0 spiro atoms. The highest BCUT2D eigenvalue weighted by molar-refractivity contribution is 6.00. The highest BCUT2D eigenvalue weighted by atomic mass is 16.5. The molecule has 1 aliphatic rings. The van der Waals surface area contributed by atoms with Crippen LogP contribution in [0.3, 0.4) is 0 Å². The predicted molar refractivity (Wildman–Crippen MR) is 110 cm³/mol. The minimum atomic E-state index is -0.539. The Morgan fingerprint density at radius 1 is 1.20 bits per heavy atom. The van der Waals surface area contributed by atoms with E-state index in [4.69, 9.17) is 14.0 Å². The molecule has 154 valence electrons. The average Bonchev–Trinajstić information content (AvgIpc) is 3.39. The van der Waals surface area contributed by atoms with Crippen molar-refractivity contribution in [1.29, 1.82) is 0 Å². The van der Waals surface area contributed by atoms with E-state index in [9.17, 15) is 9.59 Å². The minimum Gasteiger partial charge on any atom is -0.495 e. The lowest BCUT2D eigenvalue weighted by atomic mass is 10.1. The Labute approximate surface area is 174 Å². The van der Waals surface area contributed by atoms with Crippen LogP contribution < -0.4 is 9.64 Å². The monoisotopic (exact) mass is 406 g/mol. The molecule has 2 aromatic carbocycles. The third-order valence-electron chi connectivity index (χ3n) is 5.06. The number of benzene rings is 2. The molecule has 4 rings (SSSR count). The van der Waals surface area contributed by atoms with E-state index in [0.29, 0.717) is 22.9 Å². The molecular formula is C23H22N2O5. The molecule has 3 aromatic rings. The molecule has 0 aliphatic carbocycles. The third kappa shape index (κ3) is 4.05. The van der Waals surface area contributed by atoms with Crippen LogP contribution in [0.4, 0.5) is 5.69 Å². The maximum absolute atomic E-state index is 12.5. The molecule has 1 atom stereocenters. The van der Waals surface area contributed by atoms with Crippen LogP contribution in [0.15, 0.2) is 59.1 Å². The number of ether oxygens (including phenoxy) is 2. The van der Waals surface area contributed by atoms with Gasteiger partial charge in [0.1, 0.15) is 18.1 Å². The van der Waals surface area contributed by atoms with Crippen LogP contribution >= 0.6 is 0 Å². The maximum atomic E-state index is 12.5. The predicted octanol–water partition coefficient (Wildman–Crippen LogP) is 3.75. The number of anilines is 1. The fourth-order valence-corrected chi connectivity index (χ4v) is 3.49. The highest BCUT2D eigenvalue weighted by Gasteiger charge is 2.37. The van der Waals surface area contributed by atoms with Crippen LogP contribution in [0.5, 0.6) is 5.75 Å². The molecular weight excluding hydrogens is 384 g/mol. The van der Waals surface area contributed by atoms with Gasteiger partial charge < -0.3 is 18.9 Å². The van der Waals surface area contributed by atoms with Crippen LogP contribution in [0.2, 0.25) is 0 Å². The van der Waals surface area contributed by atoms with Gasteiger partial charge in [0.15, 0.2) is 5.76 Å². The molecule has 1 aliphatic heterocycles. The van der Waals surface area contributed by atoms with Gasteiger partial charge in [-0.05, 0) is 24.6 Å². The van der Waals surface area contributed by atoms with Gasteiger partial charge in [-0.2, -0.15) is 0 Å². The van der Waals surface area contributed by atoms with Gasteiger partial charge in [-0.25, -0.2) is 0 Å². The molecule has 0 saturated carbocycles. The Morgan fingerprint density at radius 2 is 2.00 bits per heavy atom. The quantitative estimate of drug-likeness (QED) is 0.580. The van der Waals surface area contributed by atoms with Crippen molar-refractivity contribution < 1.29 is 23.6 Å². The molecule has 1 fully saturated rings. The van der Waals surface area contributed by atoms with Gasteiger partial charge in [-0.3, -0.25) is 9.59 Å². The van der Waals surface area contributed by atoms with Gasteiger partial charge in [-0.15, -0.1) is 0 Å². The zero-order valence-electron chi connectivity index (χ0n) is 16.8. The van der Waals surface area contributed by atoms with Crippen molar-refractivity contribution in [3.8, 4) is 17.1 Å². The number of carbonyl (C=O) groups is 2. The Kier molecular flexibility index (Phi) is 5.52. The Balaban J connectivity index is 1.39. The van der Waals surface area contributed by atoms with Gasteiger partial charge in [0.2, 0.25) is 5.91 Å².